The second kappa shape index (κ2) is 7.28. The van der Waals surface area contributed by atoms with E-state index in [-0.39, 0.29) is 0 Å². The van der Waals surface area contributed by atoms with Crippen LogP contribution in [0.15, 0.2) is 54.6 Å². The zero-order chi connectivity index (χ0) is 18.0. The van der Waals surface area contributed by atoms with Crippen molar-refractivity contribution in [3.05, 3.63) is 86.2 Å². The second-order valence-corrected chi connectivity index (χ2v) is 7.42. The summed E-state index contributed by atoms with van der Waals surface area (Å²) < 4.78 is 3.45. The van der Waals surface area contributed by atoms with E-state index in [0.717, 1.165) is 28.2 Å². The van der Waals surface area contributed by atoms with Crippen molar-refractivity contribution in [1.82, 2.24) is 4.57 Å². The summed E-state index contributed by atoms with van der Waals surface area (Å²) >= 11 is 2.31. The summed E-state index contributed by atoms with van der Waals surface area (Å²) in [6.07, 6.45) is 1.98. The van der Waals surface area contributed by atoms with Gasteiger partial charge in [0.15, 0.2) is 0 Å². The molecule has 0 bridgehead atoms. The van der Waals surface area contributed by atoms with Crippen molar-refractivity contribution >= 4 is 34.2 Å². The Morgan fingerprint density at radius 2 is 1.64 bits per heavy atom. The minimum absolute atomic E-state index is 0.683. The highest BCUT2D eigenvalue weighted by Crippen LogP contribution is 2.25. The van der Waals surface area contributed by atoms with Gasteiger partial charge in [0.25, 0.3) is 0 Å². The van der Waals surface area contributed by atoms with E-state index in [1.54, 1.807) is 0 Å². The van der Waals surface area contributed by atoms with Gasteiger partial charge in [0.2, 0.25) is 0 Å². The average Bonchev–Trinajstić information content (AvgIpc) is 2.88. The van der Waals surface area contributed by atoms with Gasteiger partial charge in [-0.25, -0.2) is 0 Å². The summed E-state index contributed by atoms with van der Waals surface area (Å²) in [5.74, 6) is 0. The maximum absolute atomic E-state index is 9.60. The molecule has 3 aromatic rings. The standard InChI is InChI=1S/C22H19IN2/c1-15-4-6-18(7-5-15)20(14-24)13-19-12-16(2)25(17(19)3)22-10-8-21(23)9-11-22/h4-13H,1-3H3/b20-13+. The van der Waals surface area contributed by atoms with Crippen LogP contribution in [0.2, 0.25) is 0 Å². The summed E-state index contributed by atoms with van der Waals surface area (Å²) in [5.41, 5.74) is 7.34. The van der Waals surface area contributed by atoms with Gasteiger partial charge < -0.3 is 4.57 Å². The number of hydrogen-bond donors (Lipinski definition) is 0. The third kappa shape index (κ3) is 3.69. The molecule has 2 aromatic carbocycles. The van der Waals surface area contributed by atoms with Gasteiger partial charge in [0.05, 0.1) is 11.6 Å². The lowest BCUT2D eigenvalue weighted by Crippen LogP contribution is -1.98. The molecule has 0 N–H and O–H groups in total. The molecule has 0 saturated heterocycles. The highest BCUT2D eigenvalue weighted by atomic mass is 127. The molecule has 0 aliphatic heterocycles. The van der Waals surface area contributed by atoms with Crippen LogP contribution < -0.4 is 0 Å². The third-order valence-electron chi connectivity index (χ3n) is 4.34. The van der Waals surface area contributed by atoms with Crippen LogP contribution in [0.25, 0.3) is 17.3 Å². The second-order valence-electron chi connectivity index (χ2n) is 6.17. The van der Waals surface area contributed by atoms with Crippen LogP contribution in [0.4, 0.5) is 0 Å². The first-order valence-electron chi connectivity index (χ1n) is 8.13. The van der Waals surface area contributed by atoms with Crippen LogP contribution in [-0.4, -0.2) is 4.57 Å². The highest BCUT2D eigenvalue weighted by Gasteiger charge is 2.11. The zero-order valence-corrected chi connectivity index (χ0v) is 16.7. The molecule has 0 aliphatic rings. The fourth-order valence-corrected chi connectivity index (χ4v) is 3.35. The van der Waals surface area contributed by atoms with Gasteiger partial charge in [-0.05, 0) is 90.9 Å². The van der Waals surface area contributed by atoms with E-state index in [9.17, 15) is 5.26 Å². The van der Waals surface area contributed by atoms with Gasteiger partial charge in [-0.1, -0.05) is 29.8 Å². The van der Waals surface area contributed by atoms with Crippen molar-refractivity contribution < 1.29 is 0 Å². The number of aromatic nitrogens is 1. The third-order valence-corrected chi connectivity index (χ3v) is 5.06. The van der Waals surface area contributed by atoms with Crippen LogP contribution >= 0.6 is 22.6 Å². The number of benzene rings is 2. The summed E-state index contributed by atoms with van der Waals surface area (Å²) in [6.45, 7) is 6.25. The van der Waals surface area contributed by atoms with Gasteiger partial charge in [-0.3, -0.25) is 0 Å². The Labute approximate surface area is 162 Å². The minimum atomic E-state index is 0.683. The van der Waals surface area contributed by atoms with Crippen LogP contribution in [0.1, 0.15) is 28.1 Å². The number of nitrogens with zero attached hydrogens (tertiary/aromatic N) is 2. The van der Waals surface area contributed by atoms with Gasteiger partial charge in [-0.15, -0.1) is 0 Å². The Morgan fingerprint density at radius 1 is 1.00 bits per heavy atom. The smallest absolute Gasteiger partial charge is 0.0998 e. The molecule has 3 heteroatoms. The molecule has 0 radical (unpaired) electrons. The van der Waals surface area contributed by atoms with Crippen molar-refractivity contribution in [2.45, 2.75) is 20.8 Å². The summed E-state index contributed by atoms with van der Waals surface area (Å²) in [5, 5.41) is 9.60. The number of nitriles is 1. The van der Waals surface area contributed by atoms with E-state index < -0.39 is 0 Å². The Balaban J connectivity index is 2.06. The summed E-state index contributed by atoms with van der Waals surface area (Å²) in [4.78, 5) is 0. The first-order valence-corrected chi connectivity index (χ1v) is 9.21. The molecule has 0 saturated carbocycles. The maximum Gasteiger partial charge on any atom is 0.0998 e. The molecule has 25 heavy (non-hydrogen) atoms. The van der Waals surface area contributed by atoms with E-state index >= 15 is 0 Å². The SMILES string of the molecule is Cc1ccc(/C(C#N)=C/c2cc(C)n(-c3ccc(I)cc3)c2C)cc1. The highest BCUT2D eigenvalue weighted by molar-refractivity contribution is 14.1. The molecule has 2 nitrogen and oxygen atoms in total. The Kier molecular flexibility index (Phi) is 5.10. The number of halogens is 1. The van der Waals surface area contributed by atoms with Crippen LogP contribution in [0.5, 0.6) is 0 Å². The monoisotopic (exact) mass is 438 g/mol. The summed E-state index contributed by atoms with van der Waals surface area (Å²) in [6, 6.07) is 21.0. The Bertz CT molecular complexity index is 969. The predicted molar refractivity (Wildman–Crippen MR) is 113 cm³/mol. The van der Waals surface area contributed by atoms with Crippen LogP contribution in [0, 0.1) is 35.7 Å². The Morgan fingerprint density at radius 3 is 2.24 bits per heavy atom. The van der Waals surface area contributed by atoms with Gasteiger partial charge >= 0.3 is 0 Å². The lowest BCUT2D eigenvalue weighted by Gasteiger charge is -2.09. The summed E-state index contributed by atoms with van der Waals surface area (Å²) in [7, 11) is 0. The molecule has 0 fully saturated rings. The number of aryl methyl sites for hydroxylation is 2. The average molecular weight is 438 g/mol. The van der Waals surface area contributed by atoms with Crippen molar-refractivity contribution in [3.63, 3.8) is 0 Å². The van der Waals surface area contributed by atoms with E-state index in [2.05, 4.69) is 77.4 Å². The van der Waals surface area contributed by atoms with Gasteiger partial charge in [-0.2, -0.15) is 5.26 Å². The first-order chi connectivity index (χ1) is 12.0. The number of allylic oxidation sites excluding steroid dienone is 1. The lowest BCUT2D eigenvalue weighted by atomic mass is 10.0. The fraction of sp³-hybridized carbons (Fsp3) is 0.136. The molecule has 0 spiro atoms. The van der Waals surface area contributed by atoms with E-state index in [1.807, 2.05) is 37.3 Å². The van der Waals surface area contributed by atoms with E-state index in [1.165, 1.54) is 9.13 Å². The Hall–Kier alpha value is -2.32. The van der Waals surface area contributed by atoms with Crippen molar-refractivity contribution in [2.75, 3.05) is 0 Å². The maximum atomic E-state index is 9.60. The van der Waals surface area contributed by atoms with Crippen LogP contribution in [0.3, 0.4) is 0 Å². The first kappa shape index (κ1) is 17.5. The largest absolute Gasteiger partial charge is 0.318 e. The van der Waals surface area contributed by atoms with Crippen molar-refractivity contribution in [3.8, 4) is 11.8 Å². The zero-order valence-electron chi connectivity index (χ0n) is 14.5. The number of hydrogen-bond acceptors (Lipinski definition) is 1. The molecule has 1 aromatic heterocycles. The number of rotatable bonds is 3. The molecule has 0 atom stereocenters. The molecule has 0 aliphatic carbocycles. The molecule has 124 valence electrons. The molecule has 0 amide bonds. The molecular formula is C22H19IN2. The van der Waals surface area contributed by atoms with Crippen LogP contribution in [-0.2, 0) is 0 Å². The van der Waals surface area contributed by atoms with Crippen molar-refractivity contribution in [2.24, 2.45) is 0 Å². The molecule has 3 rings (SSSR count). The van der Waals surface area contributed by atoms with E-state index in [4.69, 9.17) is 0 Å². The molecular weight excluding hydrogens is 419 g/mol. The van der Waals surface area contributed by atoms with Gasteiger partial charge in [0.1, 0.15) is 0 Å². The minimum Gasteiger partial charge on any atom is -0.318 e. The topological polar surface area (TPSA) is 28.7 Å². The molecule has 0 unspecified atom stereocenters. The molecule has 1 heterocycles. The van der Waals surface area contributed by atoms with Crippen molar-refractivity contribution in [1.29, 1.82) is 5.26 Å². The van der Waals surface area contributed by atoms with E-state index in [0.29, 0.717) is 5.57 Å². The normalized spacial score (nSPS) is 11.4. The predicted octanol–water partition coefficient (Wildman–Crippen LogP) is 6.07. The quantitative estimate of drug-likeness (QED) is 0.360. The fourth-order valence-electron chi connectivity index (χ4n) is 2.99. The van der Waals surface area contributed by atoms with Gasteiger partial charge in [0, 0.05) is 20.6 Å². The lowest BCUT2D eigenvalue weighted by molar-refractivity contribution is 0.964.